The second kappa shape index (κ2) is 14.5. The van der Waals surface area contributed by atoms with Gasteiger partial charge in [0.25, 0.3) is 11.8 Å². The van der Waals surface area contributed by atoms with Crippen molar-refractivity contribution in [3.05, 3.63) is 95.6 Å². The highest BCUT2D eigenvalue weighted by atomic mass is 16.6. The SMILES string of the molecule is CN(CCN(Cc1ccccc1)C(=O)c1ccc(C(=O)Nc2ccccc2NC(=O)OC(C)(C)C)cc1)C(=O)OC(C)(C)C. The van der Waals surface area contributed by atoms with Crippen molar-refractivity contribution in [1.82, 2.24) is 9.80 Å². The summed E-state index contributed by atoms with van der Waals surface area (Å²) in [6, 6.07) is 22.7. The molecule has 3 aromatic rings. The molecule has 0 saturated carbocycles. The minimum atomic E-state index is -0.674. The molecule has 0 atom stereocenters. The predicted molar refractivity (Wildman–Crippen MR) is 171 cm³/mol. The molecule has 3 rings (SSSR count). The third kappa shape index (κ3) is 10.8. The van der Waals surface area contributed by atoms with Crippen LogP contribution in [0, 0.1) is 0 Å². The first-order valence-electron chi connectivity index (χ1n) is 14.4. The molecule has 0 aliphatic heterocycles. The number of para-hydroxylation sites is 2. The quantitative estimate of drug-likeness (QED) is 0.278. The van der Waals surface area contributed by atoms with Gasteiger partial charge in [-0.25, -0.2) is 9.59 Å². The summed E-state index contributed by atoms with van der Waals surface area (Å²) in [6.07, 6.45) is -1.11. The Balaban J connectivity index is 1.72. The maximum absolute atomic E-state index is 13.6. The van der Waals surface area contributed by atoms with Crippen LogP contribution >= 0.6 is 0 Å². The van der Waals surface area contributed by atoms with Crippen LogP contribution in [0.4, 0.5) is 21.0 Å². The van der Waals surface area contributed by atoms with Crippen LogP contribution in [0.25, 0.3) is 0 Å². The summed E-state index contributed by atoms with van der Waals surface area (Å²) >= 11 is 0. The molecule has 4 amide bonds. The molecule has 0 bridgehead atoms. The number of hydrogen-bond acceptors (Lipinski definition) is 6. The molecular weight excluding hydrogens is 560 g/mol. The molecule has 44 heavy (non-hydrogen) atoms. The molecule has 0 unspecified atom stereocenters. The second-order valence-electron chi connectivity index (χ2n) is 12.3. The Bertz CT molecular complexity index is 1440. The van der Waals surface area contributed by atoms with Crippen molar-refractivity contribution >= 4 is 35.4 Å². The van der Waals surface area contributed by atoms with E-state index in [1.54, 1.807) is 102 Å². The van der Waals surface area contributed by atoms with E-state index >= 15 is 0 Å². The van der Waals surface area contributed by atoms with E-state index in [1.165, 1.54) is 4.90 Å². The molecule has 10 nitrogen and oxygen atoms in total. The Morgan fingerprint density at radius 2 is 1.18 bits per heavy atom. The van der Waals surface area contributed by atoms with Gasteiger partial charge in [0.05, 0.1) is 11.4 Å². The van der Waals surface area contributed by atoms with Crippen molar-refractivity contribution < 1.29 is 28.7 Å². The van der Waals surface area contributed by atoms with Gasteiger partial charge in [-0.15, -0.1) is 0 Å². The van der Waals surface area contributed by atoms with Gasteiger partial charge in [0.2, 0.25) is 0 Å². The zero-order chi connectivity index (χ0) is 32.5. The first-order valence-corrected chi connectivity index (χ1v) is 14.4. The van der Waals surface area contributed by atoms with Gasteiger partial charge in [0, 0.05) is 37.8 Å². The van der Waals surface area contributed by atoms with Crippen molar-refractivity contribution in [1.29, 1.82) is 0 Å². The van der Waals surface area contributed by atoms with E-state index in [9.17, 15) is 19.2 Å². The molecule has 234 valence electrons. The Morgan fingerprint density at radius 3 is 1.75 bits per heavy atom. The Hall–Kier alpha value is -4.86. The topological polar surface area (TPSA) is 117 Å². The van der Waals surface area contributed by atoms with Crippen LogP contribution in [0.3, 0.4) is 0 Å². The summed E-state index contributed by atoms with van der Waals surface area (Å²) in [4.78, 5) is 54.5. The number of carbonyl (C=O) groups is 4. The molecule has 0 spiro atoms. The van der Waals surface area contributed by atoms with Gasteiger partial charge in [-0.2, -0.15) is 0 Å². The summed E-state index contributed by atoms with van der Waals surface area (Å²) in [5.41, 5.74) is 1.14. The van der Waals surface area contributed by atoms with Crippen LogP contribution in [-0.2, 0) is 16.0 Å². The van der Waals surface area contributed by atoms with E-state index in [0.29, 0.717) is 29.0 Å². The third-order valence-corrected chi connectivity index (χ3v) is 6.12. The van der Waals surface area contributed by atoms with Crippen LogP contribution in [0.2, 0.25) is 0 Å². The number of nitrogens with zero attached hydrogens (tertiary/aromatic N) is 2. The first kappa shape index (κ1) is 33.6. The number of amides is 4. The molecule has 0 saturated heterocycles. The molecule has 0 heterocycles. The van der Waals surface area contributed by atoms with E-state index < -0.39 is 29.3 Å². The lowest BCUT2D eigenvalue weighted by Crippen LogP contribution is -2.41. The minimum absolute atomic E-state index is 0.245. The van der Waals surface area contributed by atoms with Crippen molar-refractivity contribution in [2.45, 2.75) is 59.3 Å². The number of benzene rings is 3. The maximum atomic E-state index is 13.6. The van der Waals surface area contributed by atoms with Gasteiger partial charge in [-0.05, 0) is 83.5 Å². The average molecular weight is 603 g/mol. The normalized spacial score (nSPS) is 11.2. The molecule has 2 N–H and O–H groups in total. The molecule has 10 heteroatoms. The summed E-state index contributed by atoms with van der Waals surface area (Å²) in [5.74, 6) is -0.659. The zero-order valence-corrected chi connectivity index (χ0v) is 26.5. The monoisotopic (exact) mass is 602 g/mol. The highest BCUT2D eigenvalue weighted by Gasteiger charge is 2.23. The second-order valence-corrected chi connectivity index (χ2v) is 12.3. The molecule has 0 radical (unpaired) electrons. The number of likely N-dealkylation sites (N-methyl/N-ethyl adjacent to an activating group) is 1. The first-order chi connectivity index (χ1) is 20.6. The van der Waals surface area contributed by atoms with Crippen molar-refractivity contribution in [3.8, 4) is 0 Å². The zero-order valence-electron chi connectivity index (χ0n) is 26.5. The van der Waals surface area contributed by atoms with Crippen LogP contribution in [-0.4, -0.2) is 65.1 Å². The van der Waals surface area contributed by atoms with Gasteiger partial charge in [-0.3, -0.25) is 14.9 Å². The van der Waals surface area contributed by atoms with Gasteiger partial charge in [-0.1, -0.05) is 42.5 Å². The molecule has 0 aromatic heterocycles. The summed E-state index contributed by atoms with van der Waals surface area (Å²) in [6.45, 7) is 11.6. The fourth-order valence-corrected chi connectivity index (χ4v) is 4.01. The van der Waals surface area contributed by atoms with Crippen molar-refractivity contribution in [3.63, 3.8) is 0 Å². The molecule has 0 aliphatic carbocycles. The Kier molecular flexibility index (Phi) is 11.1. The maximum Gasteiger partial charge on any atom is 0.412 e. The average Bonchev–Trinajstić information content (AvgIpc) is 2.94. The van der Waals surface area contributed by atoms with Crippen molar-refractivity contribution in [2.75, 3.05) is 30.8 Å². The van der Waals surface area contributed by atoms with E-state index in [2.05, 4.69) is 10.6 Å². The largest absolute Gasteiger partial charge is 0.444 e. The number of ether oxygens (including phenoxy) is 2. The van der Waals surface area contributed by atoms with Crippen molar-refractivity contribution in [2.24, 2.45) is 0 Å². The number of nitrogens with one attached hydrogen (secondary N) is 2. The molecular formula is C34H42N4O6. The number of rotatable bonds is 9. The Morgan fingerprint density at radius 1 is 0.659 bits per heavy atom. The smallest absolute Gasteiger partial charge is 0.412 e. The standard InChI is InChI=1S/C34H42N4O6/c1-33(2,3)43-31(41)36-28-16-12-11-15-27(28)35-29(39)25-17-19-26(20-18-25)30(40)38(23-24-13-9-8-10-14-24)22-21-37(7)32(42)44-34(4,5)6/h8-20H,21-23H2,1-7H3,(H,35,39)(H,36,41). The van der Waals surface area contributed by atoms with E-state index in [1.807, 2.05) is 30.3 Å². The van der Waals surface area contributed by atoms with Crippen LogP contribution < -0.4 is 10.6 Å². The highest BCUT2D eigenvalue weighted by molar-refractivity contribution is 6.07. The lowest BCUT2D eigenvalue weighted by molar-refractivity contribution is 0.0276. The number of anilines is 2. The molecule has 0 aliphatic rings. The lowest BCUT2D eigenvalue weighted by atomic mass is 10.1. The summed E-state index contributed by atoms with van der Waals surface area (Å²) in [7, 11) is 1.63. The van der Waals surface area contributed by atoms with E-state index in [-0.39, 0.29) is 19.0 Å². The van der Waals surface area contributed by atoms with E-state index in [4.69, 9.17) is 9.47 Å². The lowest BCUT2D eigenvalue weighted by Gasteiger charge is -2.28. The minimum Gasteiger partial charge on any atom is -0.444 e. The van der Waals surface area contributed by atoms with Crippen LogP contribution in [0.1, 0.15) is 67.8 Å². The summed E-state index contributed by atoms with van der Waals surface area (Å²) < 4.78 is 10.8. The van der Waals surface area contributed by atoms with E-state index in [0.717, 1.165) is 5.56 Å². The van der Waals surface area contributed by atoms with Gasteiger partial charge >= 0.3 is 12.2 Å². The van der Waals surface area contributed by atoms with Crippen LogP contribution in [0.5, 0.6) is 0 Å². The number of carbonyl (C=O) groups excluding carboxylic acids is 4. The molecule has 0 fully saturated rings. The Labute approximate surface area is 259 Å². The molecule has 3 aromatic carbocycles. The fraction of sp³-hybridized carbons (Fsp3) is 0.353. The van der Waals surface area contributed by atoms with Gasteiger partial charge in [0.15, 0.2) is 0 Å². The van der Waals surface area contributed by atoms with Crippen LogP contribution in [0.15, 0.2) is 78.9 Å². The van der Waals surface area contributed by atoms with Gasteiger partial charge in [0.1, 0.15) is 11.2 Å². The third-order valence-electron chi connectivity index (χ3n) is 6.12. The fourth-order valence-electron chi connectivity index (χ4n) is 4.01. The highest BCUT2D eigenvalue weighted by Crippen LogP contribution is 2.23. The predicted octanol–water partition coefficient (Wildman–Crippen LogP) is 6.80. The van der Waals surface area contributed by atoms with Gasteiger partial charge < -0.3 is 24.6 Å². The summed E-state index contributed by atoms with van der Waals surface area (Å²) in [5, 5.41) is 5.46. The number of hydrogen-bond donors (Lipinski definition) is 2.